The second-order valence-electron chi connectivity index (χ2n) is 6.24. The summed E-state index contributed by atoms with van der Waals surface area (Å²) in [6, 6.07) is 5.67. The van der Waals surface area contributed by atoms with E-state index < -0.39 is 0 Å². The lowest BCUT2D eigenvalue weighted by atomic mass is 9.78. The number of carbonyl (C=O) groups excluding carboxylic acids is 1. The molecule has 1 aromatic rings. The molecule has 0 aromatic heterocycles. The van der Waals surface area contributed by atoms with Crippen molar-refractivity contribution in [1.29, 1.82) is 0 Å². The van der Waals surface area contributed by atoms with E-state index in [0.717, 1.165) is 5.75 Å². The molecule has 0 bridgehead atoms. The molecule has 1 aromatic carbocycles. The topological polar surface area (TPSA) is 47.6 Å². The number of amides is 1. The first-order valence-corrected chi connectivity index (χ1v) is 7.85. The molecule has 21 heavy (non-hydrogen) atoms. The van der Waals surface area contributed by atoms with Gasteiger partial charge >= 0.3 is 0 Å². The van der Waals surface area contributed by atoms with Gasteiger partial charge in [-0.25, -0.2) is 0 Å². The number of fused-ring (bicyclic) bond motifs is 1. The van der Waals surface area contributed by atoms with E-state index in [1.165, 1.54) is 19.3 Å². The second kappa shape index (κ2) is 5.96. The highest BCUT2D eigenvalue weighted by Gasteiger charge is 2.29. The number of benzene rings is 1. The summed E-state index contributed by atoms with van der Waals surface area (Å²) < 4.78 is 11.0. The molecule has 1 aliphatic heterocycles. The maximum Gasteiger partial charge on any atom is 0.251 e. The number of hydrogen-bond acceptors (Lipinski definition) is 3. The van der Waals surface area contributed by atoms with E-state index in [-0.39, 0.29) is 11.9 Å². The van der Waals surface area contributed by atoms with Crippen molar-refractivity contribution in [1.82, 2.24) is 5.32 Å². The summed E-state index contributed by atoms with van der Waals surface area (Å²) in [5.74, 6) is 2.44. The van der Waals surface area contributed by atoms with Gasteiger partial charge in [0.25, 0.3) is 5.91 Å². The van der Waals surface area contributed by atoms with E-state index in [9.17, 15) is 4.79 Å². The van der Waals surface area contributed by atoms with Gasteiger partial charge in [0, 0.05) is 11.6 Å². The van der Waals surface area contributed by atoms with Crippen LogP contribution in [-0.4, -0.2) is 25.2 Å². The first kappa shape index (κ1) is 14.2. The number of carbonyl (C=O) groups is 1. The fourth-order valence-corrected chi connectivity index (χ4v) is 3.39. The summed E-state index contributed by atoms with van der Waals surface area (Å²) in [5.41, 5.74) is 0.643. The highest BCUT2D eigenvalue weighted by molar-refractivity contribution is 5.95. The molecule has 4 heteroatoms. The average Bonchev–Trinajstić information content (AvgIpc) is 2.50. The van der Waals surface area contributed by atoms with Gasteiger partial charge in [-0.15, -0.1) is 0 Å². The summed E-state index contributed by atoms with van der Waals surface area (Å²) in [6.07, 6.45) is 3.64. The lowest BCUT2D eigenvalue weighted by Gasteiger charge is -2.35. The van der Waals surface area contributed by atoms with E-state index in [1.54, 1.807) is 12.1 Å². The Morgan fingerprint density at radius 3 is 2.48 bits per heavy atom. The Balaban J connectivity index is 1.73. The summed E-state index contributed by atoms with van der Waals surface area (Å²) in [6.45, 7) is 5.55. The van der Waals surface area contributed by atoms with Crippen LogP contribution in [0, 0.1) is 11.8 Å². The smallest absolute Gasteiger partial charge is 0.251 e. The Hall–Kier alpha value is -1.71. The molecule has 2 aliphatic rings. The van der Waals surface area contributed by atoms with Crippen molar-refractivity contribution in [2.45, 2.75) is 39.2 Å². The molecular formula is C17H23NO3. The third-order valence-electron chi connectivity index (χ3n) is 4.65. The number of rotatable bonds is 2. The summed E-state index contributed by atoms with van der Waals surface area (Å²) >= 11 is 0. The van der Waals surface area contributed by atoms with Gasteiger partial charge in [-0.3, -0.25) is 4.79 Å². The third kappa shape index (κ3) is 2.99. The van der Waals surface area contributed by atoms with Crippen LogP contribution in [0.2, 0.25) is 0 Å². The minimum absolute atomic E-state index is 0.0161. The van der Waals surface area contributed by atoms with Gasteiger partial charge in [0.15, 0.2) is 11.5 Å². The van der Waals surface area contributed by atoms with Gasteiger partial charge in [-0.05, 0) is 42.9 Å². The van der Waals surface area contributed by atoms with Gasteiger partial charge in [0.1, 0.15) is 13.2 Å². The zero-order chi connectivity index (χ0) is 14.8. The van der Waals surface area contributed by atoms with Gasteiger partial charge in [0.05, 0.1) is 0 Å². The predicted molar refractivity (Wildman–Crippen MR) is 80.9 cm³/mol. The first-order valence-electron chi connectivity index (χ1n) is 7.85. The molecule has 1 saturated carbocycles. The molecule has 2 atom stereocenters. The summed E-state index contributed by atoms with van der Waals surface area (Å²) in [7, 11) is 0. The maximum absolute atomic E-state index is 12.5. The number of ether oxygens (including phenoxy) is 2. The fraction of sp³-hybridized carbons (Fsp3) is 0.588. The Bertz CT molecular complexity index is 519. The zero-order valence-corrected chi connectivity index (χ0v) is 12.7. The van der Waals surface area contributed by atoms with E-state index in [2.05, 4.69) is 19.2 Å². The molecule has 1 heterocycles. The van der Waals surface area contributed by atoms with Crippen LogP contribution in [0.15, 0.2) is 18.2 Å². The fourth-order valence-electron chi connectivity index (χ4n) is 3.39. The predicted octanol–water partition coefficient (Wildman–Crippen LogP) is 3.01. The Labute approximate surface area is 125 Å². The van der Waals surface area contributed by atoms with Gasteiger partial charge < -0.3 is 14.8 Å². The molecule has 0 saturated heterocycles. The van der Waals surface area contributed by atoms with Crippen LogP contribution >= 0.6 is 0 Å². The van der Waals surface area contributed by atoms with Gasteiger partial charge in [0.2, 0.25) is 0 Å². The Morgan fingerprint density at radius 1 is 1.10 bits per heavy atom. The summed E-state index contributed by atoms with van der Waals surface area (Å²) in [5, 5.41) is 3.21. The van der Waals surface area contributed by atoms with Crippen molar-refractivity contribution in [2.24, 2.45) is 11.8 Å². The van der Waals surface area contributed by atoms with Crippen molar-refractivity contribution < 1.29 is 14.3 Å². The second-order valence-corrected chi connectivity index (χ2v) is 6.24. The van der Waals surface area contributed by atoms with E-state index in [0.29, 0.717) is 36.4 Å². The SMILES string of the molecule is CC1CCCC(C)C1NC(=O)c1ccc2c(c1)OCCO2. The first-order chi connectivity index (χ1) is 10.1. The standard InChI is InChI=1S/C17H23NO3/c1-11-4-3-5-12(2)16(11)18-17(19)13-6-7-14-15(10-13)21-9-8-20-14/h6-7,10-12,16H,3-5,8-9H2,1-2H3,(H,18,19). The van der Waals surface area contributed by atoms with E-state index >= 15 is 0 Å². The van der Waals surface area contributed by atoms with Gasteiger partial charge in [-0.1, -0.05) is 20.3 Å². The third-order valence-corrected chi connectivity index (χ3v) is 4.65. The zero-order valence-electron chi connectivity index (χ0n) is 12.7. The lowest BCUT2D eigenvalue weighted by Crippen LogP contribution is -2.45. The van der Waals surface area contributed by atoms with Crippen LogP contribution in [-0.2, 0) is 0 Å². The molecule has 1 N–H and O–H groups in total. The quantitative estimate of drug-likeness (QED) is 0.910. The molecule has 1 aliphatic carbocycles. The number of hydrogen-bond donors (Lipinski definition) is 1. The van der Waals surface area contributed by atoms with Crippen molar-refractivity contribution in [3.05, 3.63) is 23.8 Å². The molecule has 114 valence electrons. The van der Waals surface area contributed by atoms with Crippen LogP contribution in [0.4, 0.5) is 0 Å². The largest absolute Gasteiger partial charge is 0.486 e. The lowest BCUT2D eigenvalue weighted by molar-refractivity contribution is 0.0879. The van der Waals surface area contributed by atoms with Crippen LogP contribution in [0.25, 0.3) is 0 Å². The van der Waals surface area contributed by atoms with E-state index in [1.807, 2.05) is 6.07 Å². The highest BCUT2D eigenvalue weighted by Crippen LogP contribution is 2.32. The molecular weight excluding hydrogens is 266 g/mol. The van der Waals surface area contributed by atoms with E-state index in [4.69, 9.17) is 9.47 Å². The van der Waals surface area contributed by atoms with Crippen LogP contribution in [0.5, 0.6) is 11.5 Å². The Kier molecular flexibility index (Phi) is 4.04. The van der Waals surface area contributed by atoms with Crippen molar-refractivity contribution >= 4 is 5.91 Å². The minimum Gasteiger partial charge on any atom is -0.486 e. The molecule has 4 nitrogen and oxygen atoms in total. The molecule has 0 radical (unpaired) electrons. The maximum atomic E-state index is 12.5. The summed E-state index contributed by atoms with van der Waals surface area (Å²) in [4.78, 5) is 12.5. The normalized spacial score (nSPS) is 28.0. The van der Waals surface area contributed by atoms with Crippen LogP contribution < -0.4 is 14.8 Å². The van der Waals surface area contributed by atoms with Crippen LogP contribution in [0.1, 0.15) is 43.5 Å². The number of nitrogens with one attached hydrogen (secondary N) is 1. The van der Waals surface area contributed by atoms with Crippen molar-refractivity contribution in [2.75, 3.05) is 13.2 Å². The van der Waals surface area contributed by atoms with Crippen molar-refractivity contribution in [3.63, 3.8) is 0 Å². The van der Waals surface area contributed by atoms with Crippen LogP contribution in [0.3, 0.4) is 0 Å². The monoisotopic (exact) mass is 289 g/mol. The average molecular weight is 289 g/mol. The van der Waals surface area contributed by atoms with Gasteiger partial charge in [-0.2, -0.15) is 0 Å². The molecule has 0 spiro atoms. The van der Waals surface area contributed by atoms with Crippen molar-refractivity contribution in [3.8, 4) is 11.5 Å². The molecule has 1 amide bonds. The molecule has 3 rings (SSSR count). The highest BCUT2D eigenvalue weighted by atomic mass is 16.6. The molecule has 1 fully saturated rings. The minimum atomic E-state index is -0.0161. The Morgan fingerprint density at radius 2 is 1.76 bits per heavy atom. The molecule has 2 unspecified atom stereocenters.